The van der Waals surface area contributed by atoms with E-state index >= 15 is 0 Å². The second-order valence-corrected chi connectivity index (χ2v) is 8.25. The van der Waals surface area contributed by atoms with Crippen LogP contribution in [0.15, 0.2) is 24.4 Å². The minimum atomic E-state index is 0.279. The monoisotopic (exact) mass is 402 g/mol. The van der Waals surface area contributed by atoms with Gasteiger partial charge in [-0.25, -0.2) is 0 Å². The number of anilines is 1. The highest BCUT2D eigenvalue weighted by Crippen LogP contribution is 2.46. The fraction of sp³-hybridized carbons (Fsp3) is 0.389. The molecule has 1 fully saturated rings. The Balaban J connectivity index is 1.32. The van der Waals surface area contributed by atoms with Crippen molar-refractivity contribution in [3.63, 3.8) is 0 Å². The second-order valence-electron chi connectivity index (χ2n) is 6.60. The fourth-order valence-electron chi connectivity index (χ4n) is 2.80. The van der Waals surface area contributed by atoms with E-state index in [1.165, 1.54) is 16.9 Å². The van der Waals surface area contributed by atoms with Crippen LogP contribution in [0.5, 0.6) is 6.01 Å². The molecule has 1 aliphatic carbocycles. The van der Waals surface area contributed by atoms with Gasteiger partial charge in [0.1, 0.15) is 21.0 Å². The molecule has 3 aromatic heterocycles. The van der Waals surface area contributed by atoms with Crippen molar-refractivity contribution < 1.29 is 4.74 Å². The van der Waals surface area contributed by atoms with Crippen LogP contribution in [0, 0.1) is 19.8 Å². The van der Waals surface area contributed by atoms with E-state index in [-0.39, 0.29) is 6.01 Å². The lowest BCUT2D eigenvalue weighted by Crippen LogP contribution is -2.07. The Labute approximate surface area is 166 Å². The van der Waals surface area contributed by atoms with Gasteiger partial charge in [0.2, 0.25) is 0 Å². The lowest BCUT2D eigenvalue weighted by Gasteiger charge is -2.08. The minimum Gasteiger partial charge on any atom is -0.463 e. The number of aromatic nitrogens is 5. The summed E-state index contributed by atoms with van der Waals surface area (Å²) in [4.78, 5) is 13.0. The molecule has 0 bridgehead atoms. The van der Waals surface area contributed by atoms with Gasteiger partial charge in [-0.1, -0.05) is 29.0 Å². The molecule has 140 valence electrons. The Bertz CT molecular complexity index is 932. The number of pyridine rings is 1. The molecule has 0 radical (unpaired) electrons. The first-order valence-electron chi connectivity index (χ1n) is 8.69. The van der Waals surface area contributed by atoms with Crippen LogP contribution in [0.2, 0.25) is 5.15 Å². The molecule has 1 aliphatic rings. The Hall–Kier alpha value is -2.32. The summed E-state index contributed by atoms with van der Waals surface area (Å²) in [6.45, 7) is 5.04. The Morgan fingerprint density at radius 1 is 1.26 bits per heavy atom. The first kappa shape index (κ1) is 18.1. The molecule has 1 saturated carbocycles. The number of hydrogen-bond acceptors (Lipinski definition) is 8. The van der Waals surface area contributed by atoms with E-state index in [0.29, 0.717) is 36.0 Å². The van der Waals surface area contributed by atoms with E-state index < -0.39 is 0 Å². The van der Waals surface area contributed by atoms with Crippen LogP contribution in [0.1, 0.15) is 33.6 Å². The molecule has 0 amide bonds. The van der Waals surface area contributed by atoms with Gasteiger partial charge >= 0.3 is 6.01 Å². The van der Waals surface area contributed by atoms with E-state index in [0.717, 1.165) is 22.1 Å². The molecule has 2 atom stereocenters. The maximum Gasteiger partial charge on any atom is 0.319 e. The van der Waals surface area contributed by atoms with Crippen LogP contribution in [0.25, 0.3) is 0 Å². The zero-order valence-corrected chi connectivity index (χ0v) is 16.6. The van der Waals surface area contributed by atoms with Crippen molar-refractivity contribution in [2.45, 2.75) is 32.7 Å². The molecule has 3 aromatic rings. The smallest absolute Gasteiger partial charge is 0.319 e. The van der Waals surface area contributed by atoms with Gasteiger partial charge < -0.3 is 10.1 Å². The number of aryl methyl sites for hydroxylation is 2. The van der Waals surface area contributed by atoms with Crippen LogP contribution < -0.4 is 10.1 Å². The number of nitrogens with one attached hydrogen (secondary N) is 1. The van der Waals surface area contributed by atoms with Gasteiger partial charge in [0.25, 0.3) is 0 Å². The summed E-state index contributed by atoms with van der Waals surface area (Å²) in [7, 11) is 0. The normalized spacial score (nSPS) is 18.3. The average Bonchev–Trinajstić information content (AvgIpc) is 3.30. The number of ether oxygens (including phenoxy) is 1. The van der Waals surface area contributed by atoms with Crippen LogP contribution in [0.4, 0.5) is 5.82 Å². The van der Waals surface area contributed by atoms with Gasteiger partial charge in [0.05, 0.1) is 13.2 Å². The standard InChI is InChI=1S/C18H19ClN6OS/c1-10-3-4-14(20-7-10)13-5-12(13)9-26-18-22-15(19)6-16(23-18)21-8-17-25-24-11(2)27-17/h3-4,6-7,12-13H,5,8-9H2,1-2H3,(H,21,22,23)/t12-,13+/m1/s1. The molecule has 7 nitrogen and oxygen atoms in total. The van der Waals surface area contributed by atoms with Crippen molar-refractivity contribution in [1.29, 1.82) is 0 Å². The maximum atomic E-state index is 6.10. The van der Waals surface area contributed by atoms with Crippen molar-refractivity contribution in [1.82, 2.24) is 25.1 Å². The molecule has 0 aliphatic heterocycles. The van der Waals surface area contributed by atoms with Crippen LogP contribution in [0.3, 0.4) is 0 Å². The summed E-state index contributed by atoms with van der Waals surface area (Å²) in [5, 5.41) is 13.4. The minimum absolute atomic E-state index is 0.279. The van der Waals surface area contributed by atoms with Gasteiger partial charge in [0.15, 0.2) is 0 Å². The van der Waals surface area contributed by atoms with Gasteiger partial charge in [-0.3, -0.25) is 4.98 Å². The summed E-state index contributed by atoms with van der Waals surface area (Å²) in [6, 6.07) is 6.13. The highest BCUT2D eigenvalue weighted by atomic mass is 35.5. The molecule has 0 aromatic carbocycles. The third-order valence-corrected chi connectivity index (χ3v) is 5.36. The Kier molecular flexibility index (Phi) is 5.18. The zero-order chi connectivity index (χ0) is 18.8. The van der Waals surface area contributed by atoms with Crippen LogP contribution >= 0.6 is 22.9 Å². The average molecular weight is 403 g/mol. The zero-order valence-electron chi connectivity index (χ0n) is 15.0. The van der Waals surface area contributed by atoms with Gasteiger partial charge in [0, 0.05) is 29.8 Å². The number of halogens is 1. The molecule has 3 heterocycles. The number of hydrogen-bond donors (Lipinski definition) is 1. The Morgan fingerprint density at radius 2 is 2.15 bits per heavy atom. The van der Waals surface area contributed by atoms with Crippen molar-refractivity contribution in [3.05, 3.63) is 50.8 Å². The van der Waals surface area contributed by atoms with Crippen molar-refractivity contribution in [2.24, 2.45) is 5.92 Å². The first-order valence-corrected chi connectivity index (χ1v) is 9.89. The molecule has 1 N–H and O–H groups in total. The van der Waals surface area contributed by atoms with E-state index in [4.69, 9.17) is 16.3 Å². The lowest BCUT2D eigenvalue weighted by molar-refractivity contribution is 0.274. The maximum absolute atomic E-state index is 6.10. The summed E-state index contributed by atoms with van der Waals surface area (Å²) in [5.74, 6) is 1.48. The lowest BCUT2D eigenvalue weighted by atomic mass is 10.2. The van der Waals surface area contributed by atoms with E-state index in [1.807, 2.05) is 20.0 Å². The van der Waals surface area contributed by atoms with Gasteiger partial charge in [-0.2, -0.15) is 9.97 Å². The predicted molar refractivity (Wildman–Crippen MR) is 104 cm³/mol. The van der Waals surface area contributed by atoms with Crippen LogP contribution in [-0.2, 0) is 6.54 Å². The quantitative estimate of drug-likeness (QED) is 0.601. The molecule has 0 spiro atoms. The van der Waals surface area contributed by atoms with Crippen molar-refractivity contribution in [2.75, 3.05) is 11.9 Å². The second kappa shape index (κ2) is 7.74. The third kappa shape index (κ3) is 4.70. The van der Waals surface area contributed by atoms with E-state index in [2.05, 4.69) is 42.6 Å². The summed E-state index contributed by atoms with van der Waals surface area (Å²) < 4.78 is 5.78. The number of nitrogens with zero attached hydrogens (tertiary/aromatic N) is 5. The van der Waals surface area contributed by atoms with E-state index in [9.17, 15) is 0 Å². The molecular formula is C18H19ClN6OS. The van der Waals surface area contributed by atoms with Crippen molar-refractivity contribution >= 4 is 28.8 Å². The van der Waals surface area contributed by atoms with Gasteiger partial charge in [-0.05, 0) is 31.9 Å². The SMILES string of the molecule is Cc1ccc([C@H]2C[C@@H]2COc2nc(Cl)cc(NCc3nnc(C)s3)n2)nc1. The predicted octanol–water partition coefficient (Wildman–Crippen LogP) is 3.79. The molecule has 9 heteroatoms. The molecule has 27 heavy (non-hydrogen) atoms. The van der Waals surface area contributed by atoms with E-state index in [1.54, 1.807) is 6.07 Å². The summed E-state index contributed by atoms with van der Waals surface area (Å²) in [6.07, 6.45) is 2.97. The fourth-order valence-corrected chi connectivity index (χ4v) is 3.63. The molecular weight excluding hydrogens is 384 g/mol. The highest BCUT2D eigenvalue weighted by Gasteiger charge is 2.40. The first-order chi connectivity index (χ1) is 13.1. The molecule has 0 saturated heterocycles. The Morgan fingerprint density at radius 3 is 2.89 bits per heavy atom. The summed E-state index contributed by atoms with van der Waals surface area (Å²) in [5.41, 5.74) is 2.29. The topological polar surface area (TPSA) is 85.7 Å². The largest absolute Gasteiger partial charge is 0.463 e. The third-order valence-electron chi connectivity index (χ3n) is 4.33. The van der Waals surface area contributed by atoms with Gasteiger partial charge in [-0.15, -0.1) is 10.2 Å². The molecule has 4 rings (SSSR count). The highest BCUT2D eigenvalue weighted by molar-refractivity contribution is 7.11. The molecule has 0 unspecified atom stereocenters. The summed E-state index contributed by atoms with van der Waals surface area (Å²) >= 11 is 7.64. The number of rotatable bonds is 7. The van der Waals surface area contributed by atoms with Crippen molar-refractivity contribution in [3.8, 4) is 6.01 Å². The van der Waals surface area contributed by atoms with Crippen LogP contribution in [-0.4, -0.2) is 31.8 Å².